The summed E-state index contributed by atoms with van der Waals surface area (Å²) in [7, 11) is 1.68. The SMILES string of the molecule is COc1ccc(C[C@@H]2CN3C(CCl)=CSC3=N2)cc1.Cl. The normalized spacial score (nSPS) is 20.1. The Bertz CT molecular complexity index is 530. The van der Waals surface area contributed by atoms with Crippen LogP contribution in [0.4, 0.5) is 0 Å². The number of benzene rings is 1. The summed E-state index contributed by atoms with van der Waals surface area (Å²) in [4.78, 5) is 6.98. The number of hydrogen-bond acceptors (Lipinski definition) is 4. The minimum atomic E-state index is 0. The van der Waals surface area contributed by atoms with Gasteiger partial charge in [-0.15, -0.1) is 24.0 Å². The summed E-state index contributed by atoms with van der Waals surface area (Å²) in [5, 5.41) is 3.18. The van der Waals surface area contributed by atoms with Crippen LogP contribution in [0.25, 0.3) is 0 Å². The number of fused-ring (bicyclic) bond motifs is 1. The van der Waals surface area contributed by atoms with Crippen LogP contribution in [0.1, 0.15) is 5.56 Å². The molecule has 1 aromatic carbocycles. The Kier molecular flexibility index (Phi) is 5.24. The van der Waals surface area contributed by atoms with Crippen LogP contribution >= 0.6 is 35.8 Å². The van der Waals surface area contributed by atoms with Gasteiger partial charge in [-0.1, -0.05) is 23.9 Å². The van der Waals surface area contributed by atoms with Gasteiger partial charge in [0.1, 0.15) is 5.75 Å². The van der Waals surface area contributed by atoms with Crippen molar-refractivity contribution in [2.75, 3.05) is 19.5 Å². The Morgan fingerprint density at radius 2 is 2.15 bits per heavy atom. The molecule has 0 N–H and O–H groups in total. The number of allylic oxidation sites excluding steroid dienone is 1. The Hall–Kier alpha value is -0.840. The van der Waals surface area contributed by atoms with Crippen molar-refractivity contribution in [3.63, 3.8) is 0 Å². The van der Waals surface area contributed by atoms with Crippen molar-refractivity contribution in [3.8, 4) is 5.75 Å². The lowest BCUT2D eigenvalue weighted by molar-refractivity contribution is 0.414. The molecule has 0 bridgehead atoms. The molecule has 0 aromatic heterocycles. The van der Waals surface area contributed by atoms with Gasteiger partial charge in [0.15, 0.2) is 5.17 Å². The van der Waals surface area contributed by atoms with E-state index in [9.17, 15) is 0 Å². The van der Waals surface area contributed by atoms with Gasteiger partial charge in [-0.2, -0.15) is 0 Å². The predicted octanol–water partition coefficient (Wildman–Crippen LogP) is 3.53. The maximum absolute atomic E-state index is 5.92. The zero-order chi connectivity index (χ0) is 13.2. The van der Waals surface area contributed by atoms with Crippen LogP contribution in [-0.4, -0.2) is 35.6 Å². The van der Waals surface area contributed by atoms with Crippen molar-refractivity contribution < 1.29 is 4.74 Å². The lowest BCUT2D eigenvalue weighted by Crippen LogP contribution is -2.25. The van der Waals surface area contributed by atoms with Gasteiger partial charge in [-0.25, -0.2) is 0 Å². The molecule has 0 saturated carbocycles. The van der Waals surface area contributed by atoms with E-state index in [0.717, 1.165) is 23.9 Å². The molecule has 20 heavy (non-hydrogen) atoms. The first-order chi connectivity index (χ1) is 9.30. The summed E-state index contributed by atoms with van der Waals surface area (Å²) in [5.74, 6) is 1.45. The largest absolute Gasteiger partial charge is 0.497 e. The van der Waals surface area contributed by atoms with E-state index in [4.69, 9.17) is 21.3 Å². The van der Waals surface area contributed by atoms with Gasteiger partial charge in [0.25, 0.3) is 0 Å². The van der Waals surface area contributed by atoms with Gasteiger partial charge in [0, 0.05) is 12.2 Å². The van der Waals surface area contributed by atoms with Gasteiger partial charge in [-0.3, -0.25) is 4.99 Å². The number of hydrogen-bond donors (Lipinski definition) is 0. The van der Waals surface area contributed by atoms with Crippen LogP contribution in [-0.2, 0) is 6.42 Å². The van der Waals surface area contributed by atoms with Crippen molar-refractivity contribution >= 4 is 40.9 Å². The lowest BCUT2D eigenvalue weighted by atomic mass is 10.1. The monoisotopic (exact) mass is 330 g/mol. The van der Waals surface area contributed by atoms with E-state index in [1.165, 1.54) is 11.3 Å². The zero-order valence-electron chi connectivity index (χ0n) is 11.1. The average molecular weight is 331 g/mol. The molecule has 0 spiro atoms. The van der Waals surface area contributed by atoms with Crippen molar-refractivity contribution in [1.29, 1.82) is 0 Å². The highest BCUT2D eigenvalue weighted by molar-refractivity contribution is 8.16. The molecule has 0 amide bonds. The molecule has 0 radical (unpaired) electrons. The second kappa shape index (κ2) is 6.74. The number of thioether (sulfide) groups is 1. The summed E-state index contributed by atoms with van der Waals surface area (Å²) in [6.07, 6.45) is 0.958. The minimum absolute atomic E-state index is 0. The lowest BCUT2D eigenvalue weighted by Gasteiger charge is -2.16. The number of amidine groups is 1. The second-order valence-corrected chi connectivity index (χ2v) is 5.69. The summed E-state index contributed by atoms with van der Waals surface area (Å²) >= 11 is 7.60. The number of rotatable bonds is 4. The van der Waals surface area contributed by atoms with Crippen molar-refractivity contribution in [2.24, 2.45) is 4.99 Å². The molecule has 2 heterocycles. The quantitative estimate of drug-likeness (QED) is 0.789. The van der Waals surface area contributed by atoms with Gasteiger partial charge >= 0.3 is 0 Å². The van der Waals surface area contributed by atoms with E-state index in [1.54, 1.807) is 18.9 Å². The maximum atomic E-state index is 5.92. The Morgan fingerprint density at radius 3 is 2.80 bits per heavy atom. The Morgan fingerprint density at radius 1 is 1.40 bits per heavy atom. The topological polar surface area (TPSA) is 24.8 Å². The smallest absolute Gasteiger partial charge is 0.168 e. The van der Waals surface area contributed by atoms with Crippen molar-refractivity contribution in [1.82, 2.24) is 4.90 Å². The number of alkyl halides is 1. The molecule has 2 aliphatic heterocycles. The molecule has 2 aliphatic rings. The first-order valence-electron chi connectivity index (χ1n) is 6.20. The maximum Gasteiger partial charge on any atom is 0.168 e. The van der Waals surface area contributed by atoms with Crippen LogP contribution in [0.15, 0.2) is 40.4 Å². The number of nitrogens with zero attached hydrogens (tertiary/aromatic N) is 2. The number of methoxy groups -OCH3 is 1. The fourth-order valence-electron chi connectivity index (χ4n) is 2.32. The summed E-state index contributed by atoms with van der Waals surface area (Å²) in [6, 6.07) is 8.53. The molecule has 1 atom stereocenters. The highest BCUT2D eigenvalue weighted by atomic mass is 35.5. The van der Waals surface area contributed by atoms with Crippen LogP contribution in [0.2, 0.25) is 0 Å². The van der Waals surface area contributed by atoms with Gasteiger partial charge in [-0.05, 0) is 29.5 Å². The fraction of sp³-hybridized carbons (Fsp3) is 0.357. The molecule has 0 fully saturated rings. The first kappa shape index (κ1) is 15.5. The highest BCUT2D eigenvalue weighted by Crippen LogP contribution is 2.32. The second-order valence-electron chi connectivity index (χ2n) is 4.59. The molecule has 6 heteroatoms. The number of ether oxygens (including phenoxy) is 1. The van der Waals surface area contributed by atoms with E-state index in [2.05, 4.69) is 22.4 Å². The van der Waals surface area contributed by atoms with Crippen LogP contribution in [0.3, 0.4) is 0 Å². The Balaban J connectivity index is 0.00000147. The van der Waals surface area contributed by atoms with E-state index < -0.39 is 0 Å². The van der Waals surface area contributed by atoms with Crippen LogP contribution < -0.4 is 4.74 Å². The average Bonchev–Trinajstić information content (AvgIpc) is 2.99. The number of halogens is 2. The standard InChI is InChI=1S/C14H15ClN2OS.ClH/c1-18-13-4-2-10(3-5-13)6-11-8-17-12(7-15)9-19-14(17)16-11;/h2-5,9,11H,6-8H2,1H3;1H/t11-;/m1./s1. The molecule has 0 unspecified atom stereocenters. The minimum Gasteiger partial charge on any atom is -0.497 e. The zero-order valence-corrected chi connectivity index (χ0v) is 13.5. The molecular formula is C14H16Cl2N2OS. The Labute approximate surface area is 134 Å². The number of aliphatic imine (C=N–C) groups is 1. The third kappa shape index (κ3) is 3.08. The summed E-state index contributed by atoms with van der Waals surface area (Å²) in [6.45, 7) is 0.937. The molecule has 3 nitrogen and oxygen atoms in total. The van der Waals surface area contributed by atoms with Gasteiger partial charge in [0.05, 0.1) is 19.0 Å². The third-order valence-corrected chi connectivity index (χ3v) is 4.53. The van der Waals surface area contributed by atoms with E-state index >= 15 is 0 Å². The highest BCUT2D eigenvalue weighted by Gasteiger charge is 2.31. The first-order valence-corrected chi connectivity index (χ1v) is 7.61. The third-order valence-electron chi connectivity index (χ3n) is 3.33. The fourth-order valence-corrected chi connectivity index (χ4v) is 3.62. The molecule has 108 valence electrons. The molecule has 3 rings (SSSR count). The molecular weight excluding hydrogens is 315 g/mol. The summed E-state index contributed by atoms with van der Waals surface area (Å²) in [5.41, 5.74) is 2.46. The van der Waals surface area contributed by atoms with Gasteiger partial charge in [0.2, 0.25) is 0 Å². The van der Waals surface area contributed by atoms with Crippen LogP contribution in [0, 0.1) is 0 Å². The van der Waals surface area contributed by atoms with Crippen molar-refractivity contribution in [3.05, 3.63) is 40.9 Å². The molecule has 1 aromatic rings. The van der Waals surface area contributed by atoms with Gasteiger partial charge < -0.3 is 9.64 Å². The predicted molar refractivity (Wildman–Crippen MR) is 88.3 cm³/mol. The molecule has 0 saturated heterocycles. The van der Waals surface area contributed by atoms with E-state index in [-0.39, 0.29) is 12.4 Å². The van der Waals surface area contributed by atoms with Crippen LogP contribution in [0.5, 0.6) is 5.75 Å². The summed E-state index contributed by atoms with van der Waals surface area (Å²) < 4.78 is 5.17. The van der Waals surface area contributed by atoms with E-state index in [1.807, 2.05) is 12.1 Å². The van der Waals surface area contributed by atoms with E-state index in [0.29, 0.717) is 11.9 Å². The molecule has 0 aliphatic carbocycles. The van der Waals surface area contributed by atoms with Crippen molar-refractivity contribution in [2.45, 2.75) is 12.5 Å².